The number of carbonyl (C=O) groups is 1. The number of likely N-dealkylation sites (tertiary alicyclic amines) is 1. The Labute approximate surface area is 135 Å². The fourth-order valence-electron chi connectivity index (χ4n) is 3.15. The largest absolute Gasteiger partial charge is 0.338 e. The summed E-state index contributed by atoms with van der Waals surface area (Å²) in [5, 5.41) is 10.9. The second kappa shape index (κ2) is 6.54. The third-order valence-corrected chi connectivity index (χ3v) is 4.33. The van der Waals surface area contributed by atoms with Crippen LogP contribution in [0.25, 0.3) is 0 Å². The molecule has 1 aliphatic heterocycles. The minimum absolute atomic E-state index is 0.0651. The Morgan fingerprint density at radius 3 is 3.00 bits per heavy atom. The Morgan fingerprint density at radius 2 is 2.35 bits per heavy atom. The van der Waals surface area contributed by atoms with Crippen molar-refractivity contribution in [2.75, 3.05) is 11.9 Å². The van der Waals surface area contributed by atoms with Crippen molar-refractivity contribution in [1.82, 2.24) is 19.8 Å². The number of amides is 1. The standard InChI is InChI=1S/C16H23N5O2/c1-11-8-17-20(9-11)10-14-5-4-6-21(14)13(3)16(22)18-15-7-12(2)19-23-15/h7-9,13-14H,4-6,10H2,1-3H3,(H,18,22). The van der Waals surface area contributed by atoms with Gasteiger partial charge in [0, 0.05) is 18.3 Å². The first-order valence-corrected chi connectivity index (χ1v) is 8.02. The summed E-state index contributed by atoms with van der Waals surface area (Å²) in [6.45, 7) is 7.53. The SMILES string of the molecule is Cc1cnn(CC2CCCN2C(C)C(=O)Nc2cc(C)no2)c1. The van der Waals surface area contributed by atoms with Gasteiger partial charge in [0.2, 0.25) is 11.8 Å². The molecule has 1 aliphatic rings. The molecule has 7 nitrogen and oxygen atoms in total. The number of anilines is 1. The van der Waals surface area contributed by atoms with Gasteiger partial charge in [-0.25, -0.2) is 0 Å². The van der Waals surface area contributed by atoms with E-state index in [1.165, 1.54) is 0 Å². The zero-order valence-corrected chi connectivity index (χ0v) is 13.8. The number of aryl methyl sites for hydroxylation is 2. The highest BCUT2D eigenvalue weighted by Crippen LogP contribution is 2.22. The van der Waals surface area contributed by atoms with Crippen molar-refractivity contribution in [1.29, 1.82) is 0 Å². The molecule has 0 aliphatic carbocycles. The zero-order valence-electron chi connectivity index (χ0n) is 13.8. The molecule has 2 aromatic rings. The Morgan fingerprint density at radius 1 is 1.52 bits per heavy atom. The van der Waals surface area contributed by atoms with E-state index in [2.05, 4.69) is 20.5 Å². The lowest BCUT2D eigenvalue weighted by Gasteiger charge is -2.29. The number of rotatable bonds is 5. The first-order chi connectivity index (χ1) is 11.0. The van der Waals surface area contributed by atoms with Crippen molar-refractivity contribution in [2.45, 2.75) is 52.2 Å². The molecule has 0 saturated carbocycles. The predicted molar refractivity (Wildman–Crippen MR) is 86.0 cm³/mol. The molecular formula is C16H23N5O2. The monoisotopic (exact) mass is 317 g/mol. The van der Waals surface area contributed by atoms with Crippen molar-refractivity contribution in [3.63, 3.8) is 0 Å². The minimum atomic E-state index is -0.218. The molecule has 0 spiro atoms. The molecule has 1 N–H and O–H groups in total. The van der Waals surface area contributed by atoms with Crippen molar-refractivity contribution >= 4 is 11.8 Å². The summed E-state index contributed by atoms with van der Waals surface area (Å²) in [6, 6.07) is 1.83. The maximum atomic E-state index is 12.4. The quantitative estimate of drug-likeness (QED) is 0.912. The summed E-state index contributed by atoms with van der Waals surface area (Å²) in [4.78, 5) is 14.7. The Kier molecular flexibility index (Phi) is 4.47. The van der Waals surface area contributed by atoms with Crippen molar-refractivity contribution in [3.8, 4) is 0 Å². The number of aromatic nitrogens is 3. The lowest BCUT2D eigenvalue weighted by atomic mass is 10.2. The molecule has 1 saturated heterocycles. The van der Waals surface area contributed by atoms with Crippen LogP contribution in [0.1, 0.15) is 31.0 Å². The van der Waals surface area contributed by atoms with Crippen molar-refractivity contribution in [3.05, 3.63) is 29.7 Å². The number of carbonyl (C=O) groups excluding carboxylic acids is 1. The third-order valence-electron chi connectivity index (χ3n) is 4.33. The summed E-state index contributed by atoms with van der Waals surface area (Å²) < 4.78 is 7.02. The van der Waals surface area contributed by atoms with E-state index in [-0.39, 0.29) is 11.9 Å². The molecule has 23 heavy (non-hydrogen) atoms. The van der Waals surface area contributed by atoms with Gasteiger partial charge in [-0.1, -0.05) is 5.16 Å². The van der Waals surface area contributed by atoms with Crippen LogP contribution in [0.2, 0.25) is 0 Å². The topological polar surface area (TPSA) is 76.2 Å². The van der Waals surface area contributed by atoms with Crippen LogP contribution in [-0.4, -0.2) is 44.4 Å². The molecule has 2 atom stereocenters. The molecule has 2 unspecified atom stereocenters. The molecular weight excluding hydrogens is 294 g/mol. The van der Waals surface area contributed by atoms with E-state index in [0.717, 1.165) is 37.2 Å². The van der Waals surface area contributed by atoms with Gasteiger partial charge < -0.3 is 4.52 Å². The van der Waals surface area contributed by atoms with Gasteiger partial charge in [-0.2, -0.15) is 5.10 Å². The third kappa shape index (κ3) is 3.61. The van der Waals surface area contributed by atoms with E-state index in [1.54, 1.807) is 6.07 Å². The molecule has 0 aromatic carbocycles. The van der Waals surface area contributed by atoms with Crippen molar-refractivity contribution in [2.24, 2.45) is 0 Å². The zero-order chi connectivity index (χ0) is 16.4. The predicted octanol–water partition coefficient (Wildman–Crippen LogP) is 1.98. The average Bonchev–Trinajstić information content (AvgIpc) is 3.22. The van der Waals surface area contributed by atoms with Gasteiger partial charge in [-0.15, -0.1) is 0 Å². The summed E-state index contributed by atoms with van der Waals surface area (Å²) in [7, 11) is 0. The second-order valence-electron chi connectivity index (χ2n) is 6.27. The molecule has 2 aromatic heterocycles. The fraction of sp³-hybridized carbons (Fsp3) is 0.562. The molecule has 1 amide bonds. The van der Waals surface area contributed by atoms with Crippen LogP contribution >= 0.6 is 0 Å². The summed E-state index contributed by atoms with van der Waals surface area (Å²) in [5.74, 6) is 0.336. The highest BCUT2D eigenvalue weighted by atomic mass is 16.5. The molecule has 3 rings (SSSR count). The molecule has 124 valence electrons. The maximum absolute atomic E-state index is 12.4. The van der Waals surface area contributed by atoms with Gasteiger partial charge in [0.15, 0.2) is 0 Å². The van der Waals surface area contributed by atoms with Gasteiger partial charge in [0.05, 0.1) is 24.5 Å². The lowest BCUT2D eigenvalue weighted by Crippen LogP contribution is -2.46. The normalized spacial score (nSPS) is 19.9. The van der Waals surface area contributed by atoms with Crippen LogP contribution in [0.4, 0.5) is 5.88 Å². The van der Waals surface area contributed by atoms with Crippen LogP contribution in [0, 0.1) is 13.8 Å². The van der Waals surface area contributed by atoms with E-state index in [9.17, 15) is 4.79 Å². The van der Waals surface area contributed by atoms with Crippen molar-refractivity contribution < 1.29 is 9.32 Å². The Hall–Kier alpha value is -2.15. The molecule has 0 radical (unpaired) electrons. The molecule has 7 heteroatoms. The molecule has 3 heterocycles. The van der Waals surface area contributed by atoms with E-state index < -0.39 is 0 Å². The maximum Gasteiger partial charge on any atom is 0.243 e. The summed E-state index contributed by atoms with van der Waals surface area (Å²) in [6.07, 6.45) is 6.09. The molecule has 0 bridgehead atoms. The highest BCUT2D eigenvalue weighted by Gasteiger charge is 2.32. The van der Waals surface area contributed by atoms with E-state index in [0.29, 0.717) is 11.9 Å². The van der Waals surface area contributed by atoms with Crippen LogP contribution in [0.3, 0.4) is 0 Å². The first-order valence-electron chi connectivity index (χ1n) is 8.02. The number of hydrogen-bond acceptors (Lipinski definition) is 5. The second-order valence-corrected chi connectivity index (χ2v) is 6.27. The first kappa shape index (κ1) is 15.7. The van der Waals surface area contributed by atoms with Gasteiger partial charge >= 0.3 is 0 Å². The Bertz CT molecular complexity index is 678. The van der Waals surface area contributed by atoms with Crippen LogP contribution in [0.15, 0.2) is 23.0 Å². The van der Waals surface area contributed by atoms with Gasteiger partial charge in [-0.05, 0) is 45.7 Å². The summed E-state index contributed by atoms with van der Waals surface area (Å²) in [5.41, 5.74) is 1.90. The van der Waals surface area contributed by atoms with E-state index in [1.807, 2.05) is 37.8 Å². The Balaban J connectivity index is 1.62. The van der Waals surface area contributed by atoms with E-state index in [4.69, 9.17) is 4.52 Å². The van der Waals surface area contributed by atoms with E-state index >= 15 is 0 Å². The average molecular weight is 317 g/mol. The highest BCUT2D eigenvalue weighted by molar-refractivity contribution is 5.93. The number of nitrogens with zero attached hydrogens (tertiary/aromatic N) is 4. The van der Waals surface area contributed by atoms with Crippen LogP contribution < -0.4 is 5.32 Å². The summed E-state index contributed by atoms with van der Waals surface area (Å²) >= 11 is 0. The smallest absolute Gasteiger partial charge is 0.243 e. The fourth-order valence-corrected chi connectivity index (χ4v) is 3.15. The number of hydrogen-bond donors (Lipinski definition) is 1. The van der Waals surface area contributed by atoms with Gasteiger partial charge in [0.1, 0.15) is 0 Å². The van der Waals surface area contributed by atoms with Gasteiger partial charge in [-0.3, -0.25) is 19.7 Å². The van der Waals surface area contributed by atoms with Crippen LogP contribution in [0.5, 0.6) is 0 Å². The van der Waals surface area contributed by atoms with Crippen LogP contribution in [-0.2, 0) is 11.3 Å². The number of nitrogens with one attached hydrogen (secondary N) is 1. The minimum Gasteiger partial charge on any atom is -0.338 e. The van der Waals surface area contributed by atoms with Gasteiger partial charge in [0.25, 0.3) is 0 Å². The molecule has 1 fully saturated rings. The lowest BCUT2D eigenvalue weighted by molar-refractivity contribution is -0.121.